The lowest BCUT2D eigenvalue weighted by atomic mass is 9.86. The minimum atomic E-state index is -4.79. The predicted molar refractivity (Wildman–Crippen MR) is 130 cm³/mol. The van der Waals surface area contributed by atoms with Gasteiger partial charge in [0.2, 0.25) is 0 Å². The van der Waals surface area contributed by atoms with Crippen molar-refractivity contribution in [2.75, 3.05) is 13.2 Å². The quantitative estimate of drug-likeness (QED) is 0.436. The molecule has 0 spiro atoms. The fraction of sp³-hybridized carbons (Fsp3) is 0.500. The van der Waals surface area contributed by atoms with Gasteiger partial charge in [0.05, 0.1) is 17.4 Å². The van der Waals surface area contributed by atoms with Crippen LogP contribution in [0.15, 0.2) is 23.4 Å². The number of benzene rings is 1. The molecule has 3 heterocycles. The lowest BCUT2D eigenvalue weighted by Gasteiger charge is -2.29. The second kappa shape index (κ2) is 10.0. The first-order valence-electron chi connectivity index (χ1n) is 11.7. The number of fused-ring (bicyclic) bond motifs is 1. The molecule has 1 amide bonds. The van der Waals surface area contributed by atoms with E-state index >= 15 is 0 Å². The maximum absolute atomic E-state index is 14.4. The number of hydrogen-bond donors (Lipinski definition) is 1. The van der Waals surface area contributed by atoms with Crippen LogP contribution in [0.25, 0.3) is 0 Å². The molecule has 12 heteroatoms. The first-order chi connectivity index (χ1) is 17.2. The summed E-state index contributed by atoms with van der Waals surface area (Å²) in [6, 6.07) is 3.74. The Morgan fingerprint density at radius 1 is 1.17 bits per heavy atom. The lowest BCUT2D eigenvalue weighted by Crippen LogP contribution is -2.42. The van der Waals surface area contributed by atoms with E-state index in [1.165, 1.54) is 18.2 Å². The van der Waals surface area contributed by atoms with Crippen LogP contribution in [0, 0.1) is 0 Å². The summed E-state index contributed by atoms with van der Waals surface area (Å²) in [4.78, 5) is 18.2. The molecule has 2 aliphatic heterocycles. The Morgan fingerprint density at radius 3 is 2.56 bits per heavy atom. The van der Waals surface area contributed by atoms with Crippen molar-refractivity contribution in [1.29, 1.82) is 0 Å². The van der Waals surface area contributed by atoms with Crippen LogP contribution in [-0.4, -0.2) is 37.2 Å². The van der Waals surface area contributed by atoms with Gasteiger partial charge >= 0.3 is 12.3 Å². The van der Waals surface area contributed by atoms with Crippen molar-refractivity contribution in [2.45, 2.75) is 62.8 Å². The zero-order valence-corrected chi connectivity index (χ0v) is 21.4. The van der Waals surface area contributed by atoms with Crippen LogP contribution in [0.1, 0.15) is 53.7 Å². The first kappa shape index (κ1) is 25.6. The van der Waals surface area contributed by atoms with Crippen molar-refractivity contribution < 1.29 is 32.3 Å². The normalized spacial score (nSPS) is 23.7. The number of nitrogens with one attached hydrogen (secondary N) is 1. The molecule has 0 radical (unpaired) electrons. The van der Waals surface area contributed by atoms with Gasteiger partial charge in [0.25, 0.3) is 5.60 Å². The maximum atomic E-state index is 14.4. The monoisotopic (exact) mass is 562 g/mol. The van der Waals surface area contributed by atoms with Crippen molar-refractivity contribution in [3.8, 4) is 5.06 Å². The molecule has 6 nitrogen and oxygen atoms in total. The van der Waals surface area contributed by atoms with Gasteiger partial charge in [-0.15, -0.1) is 0 Å². The first-order valence-corrected chi connectivity index (χ1v) is 13.2. The third-order valence-electron chi connectivity index (χ3n) is 6.64. The number of thiophene rings is 1. The standard InChI is InChI=1S/C24H23Cl2F3N2O4S/c25-14-8-13(9-15(26)10-14)23(24(27,28)29)11-19(31-35-23)20-17-5-1-2-6-18(17)21(36-20)34-22(32)30-12-16-4-3-7-33-16/h8-10,16H,1-7,11-12H2,(H,30,32). The second-order valence-electron chi connectivity index (χ2n) is 9.08. The van der Waals surface area contributed by atoms with Crippen molar-refractivity contribution in [1.82, 2.24) is 5.32 Å². The number of halogens is 5. The summed E-state index contributed by atoms with van der Waals surface area (Å²) in [5.41, 5.74) is -1.09. The van der Waals surface area contributed by atoms with Gasteiger partial charge in [-0.3, -0.25) is 0 Å². The van der Waals surface area contributed by atoms with Gasteiger partial charge < -0.3 is 19.6 Å². The number of carbonyl (C=O) groups excluding carboxylic acids is 1. The van der Waals surface area contributed by atoms with Gasteiger partial charge in [0.15, 0.2) is 5.06 Å². The largest absolute Gasteiger partial charge is 0.435 e. The minimum absolute atomic E-state index is 0.0363. The number of amides is 1. The summed E-state index contributed by atoms with van der Waals surface area (Å²) in [6.45, 7) is 1.02. The number of alkyl halides is 3. The molecule has 2 aromatic rings. The van der Waals surface area contributed by atoms with Crippen LogP contribution in [0.4, 0.5) is 18.0 Å². The summed E-state index contributed by atoms with van der Waals surface area (Å²) >= 11 is 13.1. The predicted octanol–water partition coefficient (Wildman–Crippen LogP) is 6.78. The number of nitrogens with zero attached hydrogens (tertiary/aromatic N) is 1. The van der Waals surface area contributed by atoms with Gasteiger partial charge in [-0.1, -0.05) is 39.7 Å². The molecule has 5 rings (SSSR count). The second-order valence-corrected chi connectivity index (χ2v) is 10.9. The summed E-state index contributed by atoms with van der Waals surface area (Å²) in [5.74, 6) is 0. The molecule has 194 valence electrons. The zero-order chi connectivity index (χ0) is 25.5. The third-order valence-corrected chi connectivity index (χ3v) is 8.28. The van der Waals surface area contributed by atoms with Gasteiger partial charge in [0.1, 0.15) is 5.71 Å². The number of rotatable bonds is 5. The average molecular weight is 563 g/mol. The number of hydrogen-bond acceptors (Lipinski definition) is 6. The Balaban J connectivity index is 1.41. The third kappa shape index (κ3) is 4.92. The molecule has 0 saturated carbocycles. The summed E-state index contributed by atoms with van der Waals surface area (Å²) in [7, 11) is 0. The highest BCUT2D eigenvalue weighted by Crippen LogP contribution is 2.51. The molecule has 1 aromatic carbocycles. The topological polar surface area (TPSA) is 69.2 Å². The van der Waals surface area contributed by atoms with Gasteiger partial charge in [-0.2, -0.15) is 13.2 Å². The van der Waals surface area contributed by atoms with E-state index in [0.29, 0.717) is 35.9 Å². The molecule has 1 aromatic heterocycles. The molecule has 36 heavy (non-hydrogen) atoms. The van der Waals surface area contributed by atoms with E-state index in [0.717, 1.165) is 48.1 Å². The van der Waals surface area contributed by atoms with Crippen molar-refractivity contribution in [2.24, 2.45) is 5.16 Å². The van der Waals surface area contributed by atoms with E-state index in [2.05, 4.69) is 10.5 Å². The summed E-state index contributed by atoms with van der Waals surface area (Å²) < 4.78 is 54.4. The molecule has 1 aliphatic carbocycles. The van der Waals surface area contributed by atoms with Gasteiger partial charge in [-0.05, 0) is 62.3 Å². The smallest absolute Gasteiger partial charge is 0.399 e. The van der Waals surface area contributed by atoms with Crippen LogP contribution < -0.4 is 10.1 Å². The van der Waals surface area contributed by atoms with E-state index in [9.17, 15) is 18.0 Å². The molecule has 1 fully saturated rings. The molecule has 3 aliphatic rings. The van der Waals surface area contributed by atoms with Gasteiger partial charge in [-0.25, -0.2) is 4.79 Å². The fourth-order valence-corrected chi connectivity index (χ4v) is 6.60. The lowest BCUT2D eigenvalue weighted by molar-refractivity contribution is -0.275. The summed E-state index contributed by atoms with van der Waals surface area (Å²) in [6.07, 6.45) is -1.06. The van der Waals surface area contributed by atoms with E-state index in [4.69, 9.17) is 37.5 Å². The number of ether oxygens (including phenoxy) is 2. The highest BCUT2D eigenvalue weighted by Gasteiger charge is 2.62. The van der Waals surface area contributed by atoms with Crippen molar-refractivity contribution in [3.63, 3.8) is 0 Å². The van der Waals surface area contributed by atoms with Gasteiger partial charge in [0, 0.05) is 34.3 Å². The SMILES string of the molecule is O=C(NCC1CCCO1)Oc1sc(C2=NOC(c3cc(Cl)cc(Cl)c3)(C(F)(F)F)C2)c2c1CCCC2. The van der Waals surface area contributed by atoms with Crippen LogP contribution in [-0.2, 0) is 28.0 Å². The zero-order valence-electron chi connectivity index (χ0n) is 19.1. The van der Waals surface area contributed by atoms with Crippen LogP contribution >= 0.6 is 34.5 Å². The molecule has 1 saturated heterocycles. The Hall–Kier alpha value is -2.01. The number of oxime groups is 1. The van der Waals surface area contributed by atoms with Crippen molar-refractivity contribution in [3.05, 3.63) is 49.8 Å². The van der Waals surface area contributed by atoms with Crippen LogP contribution in [0.3, 0.4) is 0 Å². The van der Waals surface area contributed by atoms with Crippen LogP contribution in [0.5, 0.6) is 5.06 Å². The Bertz CT molecular complexity index is 1180. The van der Waals surface area contributed by atoms with Crippen LogP contribution in [0.2, 0.25) is 10.0 Å². The minimum Gasteiger partial charge on any atom is -0.399 e. The molecule has 2 atom stereocenters. The molecular formula is C24H23Cl2F3N2O4S. The fourth-order valence-electron chi connectivity index (χ4n) is 4.85. The van der Waals surface area contributed by atoms with E-state index in [1.54, 1.807) is 0 Å². The molecular weight excluding hydrogens is 540 g/mol. The van der Waals surface area contributed by atoms with E-state index in [-0.39, 0.29) is 27.4 Å². The van der Waals surface area contributed by atoms with E-state index < -0.39 is 24.3 Å². The maximum Gasteiger partial charge on any atom is 0.435 e. The highest BCUT2D eigenvalue weighted by molar-refractivity contribution is 7.16. The molecule has 1 N–H and O–H groups in total. The Labute approximate surface area is 219 Å². The molecule has 2 unspecified atom stereocenters. The Morgan fingerprint density at radius 2 is 1.89 bits per heavy atom. The highest BCUT2D eigenvalue weighted by atomic mass is 35.5. The Kier molecular flexibility index (Phi) is 7.15. The average Bonchev–Trinajstić information content (AvgIpc) is 3.56. The summed E-state index contributed by atoms with van der Waals surface area (Å²) in [5, 5.41) is 7.12. The number of carbonyl (C=O) groups is 1. The van der Waals surface area contributed by atoms with E-state index in [1.807, 2.05) is 0 Å². The van der Waals surface area contributed by atoms with Crippen molar-refractivity contribution >= 4 is 46.3 Å². The molecule has 0 bridgehead atoms.